The summed E-state index contributed by atoms with van der Waals surface area (Å²) < 4.78 is 0. The van der Waals surface area contributed by atoms with Crippen molar-refractivity contribution >= 4 is 102 Å². The van der Waals surface area contributed by atoms with E-state index in [2.05, 4.69) is 175 Å². The number of anilines is 6. The summed E-state index contributed by atoms with van der Waals surface area (Å²) in [5, 5.41) is 5.05. The normalized spacial score (nSPS) is 13.6. The van der Waals surface area contributed by atoms with Crippen molar-refractivity contribution in [2.75, 3.05) is 9.80 Å². The molecule has 11 rings (SSSR count). The summed E-state index contributed by atoms with van der Waals surface area (Å²) in [6.07, 6.45) is 8.39. The molecule has 0 unspecified atom stereocenters. The molecule has 5 heterocycles. The van der Waals surface area contributed by atoms with Crippen LogP contribution in [0.15, 0.2) is 110 Å². The van der Waals surface area contributed by atoms with Crippen LogP contribution in [0.2, 0.25) is 0 Å². The number of aromatic nitrogens is 2. The lowest BCUT2D eigenvalue weighted by Gasteiger charge is -2.50. The van der Waals surface area contributed by atoms with Gasteiger partial charge in [-0.15, -0.1) is 0 Å². The van der Waals surface area contributed by atoms with Crippen LogP contribution >= 0.6 is 0 Å². The van der Waals surface area contributed by atoms with Crippen molar-refractivity contribution in [2.45, 2.75) is 55.4 Å². The van der Waals surface area contributed by atoms with E-state index in [1.54, 1.807) is 0 Å². The minimum absolute atomic E-state index is 0.0108. The Bertz CT molecular complexity index is 2800. The quantitative estimate of drug-likeness (QED) is 0.169. The van der Waals surface area contributed by atoms with Crippen LogP contribution in [-0.2, 0) is 0 Å². The topological polar surface area (TPSA) is 32.3 Å². The van der Waals surface area contributed by atoms with E-state index in [0.717, 1.165) is 11.4 Å². The predicted molar refractivity (Wildman–Crippen MR) is 240 cm³/mol. The molecule has 8 aromatic rings. The molecule has 0 bridgehead atoms. The Hall–Kier alpha value is -6.13. The fourth-order valence-electron chi connectivity index (χ4n) is 11.2. The van der Waals surface area contributed by atoms with Crippen LogP contribution in [0, 0.1) is 55.4 Å². The van der Waals surface area contributed by atoms with E-state index < -0.39 is 0 Å². The fraction of sp³-hybridized carbons (Fsp3) is 0.160. The zero-order chi connectivity index (χ0) is 38.3. The highest BCUT2D eigenvalue weighted by molar-refractivity contribution is 7.01. The van der Waals surface area contributed by atoms with Gasteiger partial charge in [-0.25, -0.2) is 0 Å². The van der Waals surface area contributed by atoms with Gasteiger partial charge in [0.15, 0.2) is 0 Å². The Kier molecular flexibility index (Phi) is 6.94. The molecule has 268 valence electrons. The molecule has 3 aliphatic heterocycles. The minimum Gasteiger partial charge on any atom is -0.306 e. The van der Waals surface area contributed by atoms with E-state index in [4.69, 9.17) is 9.97 Å². The summed E-state index contributed by atoms with van der Waals surface area (Å²) in [4.78, 5) is 15.1. The lowest BCUT2D eigenvalue weighted by atomic mass is 9.32. The van der Waals surface area contributed by atoms with Crippen LogP contribution in [-0.4, -0.2) is 23.4 Å². The summed E-state index contributed by atoms with van der Waals surface area (Å²) in [7, 11) is 0. The first-order valence-electron chi connectivity index (χ1n) is 19.9. The van der Waals surface area contributed by atoms with Crippen LogP contribution < -0.4 is 42.6 Å². The van der Waals surface area contributed by atoms with Gasteiger partial charge < -0.3 is 9.80 Å². The first-order valence-corrected chi connectivity index (χ1v) is 19.9. The zero-order valence-corrected chi connectivity index (χ0v) is 33.3. The molecule has 3 aliphatic rings. The molecule has 0 amide bonds. The summed E-state index contributed by atoms with van der Waals surface area (Å²) >= 11 is 0. The number of rotatable bonds is 2. The first kappa shape index (κ1) is 33.2. The second kappa shape index (κ2) is 11.7. The molecule has 0 N–H and O–H groups in total. The second-order valence-electron chi connectivity index (χ2n) is 16.7. The Morgan fingerprint density at radius 3 is 1.14 bits per heavy atom. The molecule has 4 nitrogen and oxygen atoms in total. The third-order valence-corrected chi connectivity index (χ3v) is 13.0. The fourth-order valence-corrected chi connectivity index (χ4v) is 11.2. The second-order valence-corrected chi connectivity index (χ2v) is 16.7. The number of hydrogen-bond donors (Lipinski definition) is 0. The van der Waals surface area contributed by atoms with Crippen molar-refractivity contribution in [2.24, 2.45) is 0 Å². The Morgan fingerprint density at radius 2 is 0.750 bits per heavy atom. The van der Waals surface area contributed by atoms with Crippen molar-refractivity contribution in [3.05, 3.63) is 154 Å². The van der Waals surface area contributed by atoms with E-state index in [9.17, 15) is 0 Å². The summed E-state index contributed by atoms with van der Waals surface area (Å²) in [5.74, 6) is 0. The van der Waals surface area contributed by atoms with E-state index in [-0.39, 0.29) is 13.4 Å². The highest BCUT2D eigenvalue weighted by Crippen LogP contribution is 2.56. The molecule has 6 heteroatoms. The third kappa shape index (κ3) is 4.33. The van der Waals surface area contributed by atoms with Gasteiger partial charge in [0.2, 0.25) is 13.4 Å². The standard InChI is InChI=1S/C50H42B2N4/c1-27-17-29(3)43(30(4)18-27)51-45-33(7)23-53-25-41(45)55-40-22-36-14-10-12-16-38(36)48-50(40)56(39-21-35-13-9-11-15-37(35)47(51)49(39)55)42-26-54-24-34(8)46(42)52(48)44-31(5)19-28(2)20-32(44)6/h9-26H,1-8H3. The Labute approximate surface area is 330 Å². The largest absolute Gasteiger partial charge is 0.306 e. The van der Waals surface area contributed by atoms with Crippen LogP contribution in [0.3, 0.4) is 0 Å². The highest BCUT2D eigenvalue weighted by Gasteiger charge is 2.49. The van der Waals surface area contributed by atoms with Crippen molar-refractivity contribution in [3.8, 4) is 0 Å². The maximum Gasteiger partial charge on any atom is 0.248 e. The van der Waals surface area contributed by atoms with Crippen LogP contribution in [0.4, 0.5) is 34.1 Å². The summed E-state index contributed by atoms with van der Waals surface area (Å²) in [6, 6.07) is 32.4. The molecule has 0 aliphatic carbocycles. The van der Waals surface area contributed by atoms with Gasteiger partial charge in [-0.1, -0.05) is 117 Å². The molecule has 0 saturated heterocycles. The van der Waals surface area contributed by atoms with Crippen LogP contribution in [0.25, 0.3) is 21.5 Å². The maximum absolute atomic E-state index is 4.96. The van der Waals surface area contributed by atoms with Crippen molar-refractivity contribution < 1.29 is 0 Å². The van der Waals surface area contributed by atoms with Gasteiger partial charge in [-0.3, -0.25) is 9.97 Å². The molecular weight excluding hydrogens is 678 g/mol. The van der Waals surface area contributed by atoms with E-state index >= 15 is 0 Å². The molecule has 0 saturated carbocycles. The molecule has 0 radical (unpaired) electrons. The van der Waals surface area contributed by atoms with E-state index in [0.29, 0.717) is 0 Å². The van der Waals surface area contributed by atoms with E-state index in [1.807, 2.05) is 0 Å². The molecule has 2 aromatic heterocycles. The van der Waals surface area contributed by atoms with Gasteiger partial charge in [0.05, 0.1) is 46.5 Å². The van der Waals surface area contributed by atoms with Crippen molar-refractivity contribution in [1.82, 2.24) is 9.97 Å². The number of benzene rings is 6. The molecule has 0 atom stereocenters. The lowest BCUT2D eigenvalue weighted by molar-refractivity contribution is 1.15. The SMILES string of the molecule is Cc1cc(C)c(B2c3c(C)cncc3N3c4cc5ccccc5c5c4N(c4cncc(C)c4B5c4c(C)cc(C)cc4C)c4cc5ccccc5c2c43)c(C)c1. The van der Waals surface area contributed by atoms with Gasteiger partial charge >= 0.3 is 0 Å². The monoisotopic (exact) mass is 720 g/mol. The van der Waals surface area contributed by atoms with Gasteiger partial charge in [-0.2, -0.15) is 0 Å². The molecule has 0 fully saturated rings. The number of pyridine rings is 2. The molecule has 0 spiro atoms. The van der Waals surface area contributed by atoms with Gasteiger partial charge in [0.25, 0.3) is 0 Å². The Morgan fingerprint density at radius 1 is 0.375 bits per heavy atom. The average Bonchev–Trinajstić information content (AvgIpc) is 3.16. The number of nitrogens with zero attached hydrogens (tertiary/aromatic N) is 4. The molecule has 56 heavy (non-hydrogen) atoms. The molecule has 6 aromatic carbocycles. The average molecular weight is 721 g/mol. The van der Waals surface area contributed by atoms with Crippen molar-refractivity contribution in [3.63, 3.8) is 0 Å². The maximum atomic E-state index is 4.96. The first-order chi connectivity index (χ1) is 27.1. The minimum atomic E-state index is 0.0108. The van der Waals surface area contributed by atoms with Gasteiger partial charge in [0.1, 0.15) is 0 Å². The smallest absolute Gasteiger partial charge is 0.248 e. The lowest BCUT2D eigenvalue weighted by Crippen LogP contribution is -2.63. The zero-order valence-electron chi connectivity index (χ0n) is 33.3. The third-order valence-electron chi connectivity index (χ3n) is 13.0. The number of aryl methyl sites for hydroxylation is 8. The number of fused-ring (bicyclic) bond motifs is 10. The predicted octanol–water partition coefficient (Wildman–Crippen LogP) is 8.16. The van der Waals surface area contributed by atoms with E-state index in [1.165, 1.54) is 122 Å². The molecular formula is C50H42B2N4. The van der Waals surface area contributed by atoms with Gasteiger partial charge in [0, 0.05) is 12.4 Å². The van der Waals surface area contributed by atoms with Crippen molar-refractivity contribution in [1.29, 1.82) is 0 Å². The highest BCUT2D eigenvalue weighted by atomic mass is 15.3. The van der Waals surface area contributed by atoms with Crippen LogP contribution in [0.5, 0.6) is 0 Å². The Balaban J connectivity index is 1.36. The number of hydrogen-bond acceptors (Lipinski definition) is 4. The summed E-state index contributed by atoms with van der Waals surface area (Å²) in [6.45, 7) is 18.2. The van der Waals surface area contributed by atoms with Crippen LogP contribution in [0.1, 0.15) is 44.5 Å². The van der Waals surface area contributed by atoms with Gasteiger partial charge in [-0.05, 0) is 122 Å². The summed E-state index contributed by atoms with van der Waals surface area (Å²) in [5.41, 5.74) is 25.6.